The average molecular weight is 520 g/mol. The van der Waals surface area contributed by atoms with Gasteiger partial charge in [0, 0.05) is 15.7 Å². The van der Waals surface area contributed by atoms with E-state index in [1.807, 2.05) is 0 Å². The highest BCUT2D eigenvalue weighted by molar-refractivity contribution is 7.92. The molecule has 162 valence electrons. The number of ether oxygens (including phenoxy) is 1. The standard InChI is InChI=1S/C20H14Cl4N2O4S/c21-12-1-4-14(5-2-12)26-31(28,29)15-6-8-19(17(24)10-15)30-11-20(27)25-18-7-3-13(22)9-16(18)23/h1-10,26H,11H2,(H,25,27). The fraction of sp³-hybridized carbons (Fsp3) is 0.0500. The van der Waals surface area contributed by atoms with Gasteiger partial charge in [-0.05, 0) is 60.7 Å². The third-order valence-corrected chi connectivity index (χ3v) is 6.35. The number of hydrogen-bond acceptors (Lipinski definition) is 4. The van der Waals surface area contributed by atoms with Crippen LogP contribution in [0.2, 0.25) is 20.1 Å². The molecule has 0 aliphatic heterocycles. The van der Waals surface area contributed by atoms with Crippen LogP contribution in [0.1, 0.15) is 0 Å². The smallest absolute Gasteiger partial charge is 0.262 e. The van der Waals surface area contributed by atoms with Gasteiger partial charge in [-0.25, -0.2) is 8.42 Å². The van der Waals surface area contributed by atoms with Crippen molar-refractivity contribution in [1.82, 2.24) is 0 Å². The zero-order valence-corrected chi connectivity index (χ0v) is 19.4. The van der Waals surface area contributed by atoms with Crippen LogP contribution in [0, 0.1) is 0 Å². The summed E-state index contributed by atoms with van der Waals surface area (Å²) < 4.78 is 32.9. The van der Waals surface area contributed by atoms with Gasteiger partial charge in [0.2, 0.25) is 0 Å². The lowest BCUT2D eigenvalue weighted by Gasteiger charge is -2.12. The minimum Gasteiger partial charge on any atom is -0.482 e. The fourth-order valence-electron chi connectivity index (χ4n) is 2.42. The van der Waals surface area contributed by atoms with E-state index < -0.39 is 15.9 Å². The molecule has 0 radical (unpaired) electrons. The van der Waals surface area contributed by atoms with Gasteiger partial charge in [0.25, 0.3) is 15.9 Å². The quantitative estimate of drug-likeness (QED) is 0.394. The summed E-state index contributed by atoms with van der Waals surface area (Å²) >= 11 is 23.8. The molecule has 11 heteroatoms. The maximum Gasteiger partial charge on any atom is 0.262 e. The van der Waals surface area contributed by atoms with E-state index in [0.717, 1.165) is 0 Å². The van der Waals surface area contributed by atoms with E-state index in [1.54, 1.807) is 24.3 Å². The summed E-state index contributed by atoms with van der Waals surface area (Å²) in [6, 6.07) is 14.7. The van der Waals surface area contributed by atoms with Crippen LogP contribution in [0.3, 0.4) is 0 Å². The Hall–Kier alpha value is -2.16. The molecule has 0 bridgehead atoms. The summed E-state index contributed by atoms with van der Waals surface area (Å²) in [6.07, 6.45) is 0. The van der Waals surface area contributed by atoms with Crippen LogP contribution in [-0.4, -0.2) is 20.9 Å². The molecule has 0 aliphatic carbocycles. The van der Waals surface area contributed by atoms with E-state index >= 15 is 0 Å². The summed E-state index contributed by atoms with van der Waals surface area (Å²) in [6.45, 7) is -0.367. The van der Waals surface area contributed by atoms with E-state index in [9.17, 15) is 13.2 Å². The summed E-state index contributed by atoms with van der Waals surface area (Å²) in [5.41, 5.74) is 0.721. The minimum atomic E-state index is -3.88. The molecule has 3 aromatic carbocycles. The number of sulfonamides is 1. The van der Waals surface area contributed by atoms with Crippen LogP contribution < -0.4 is 14.8 Å². The molecule has 0 unspecified atom stereocenters. The van der Waals surface area contributed by atoms with Gasteiger partial charge in [-0.15, -0.1) is 0 Å². The molecule has 0 saturated heterocycles. The van der Waals surface area contributed by atoms with Crippen LogP contribution in [0.25, 0.3) is 0 Å². The molecule has 0 aliphatic rings. The largest absolute Gasteiger partial charge is 0.482 e. The van der Waals surface area contributed by atoms with Crippen molar-refractivity contribution in [1.29, 1.82) is 0 Å². The third-order valence-electron chi connectivity index (χ3n) is 3.87. The molecule has 6 nitrogen and oxygen atoms in total. The van der Waals surface area contributed by atoms with Crippen molar-refractivity contribution in [2.75, 3.05) is 16.6 Å². The highest BCUT2D eigenvalue weighted by Gasteiger charge is 2.17. The van der Waals surface area contributed by atoms with Gasteiger partial charge in [0.15, 0.2) is 6.61 Å². The SMILES string of the molecule is O=C(COc1ccc(S(=O)(=O)Nc2ccc(Cl)cc2)cc1Cl)Nc1ccc(Cl)cc1Cl. The van der Waals surface area contributed by atoms with Crippen LogP contribution in [-0.2, 0) is 14.8 Å². The van der Waals surface area contributed by atoms with Crippen LogP contribution in [0.15, 0.2) is 65.6 Å². The summed E-state index contributed by atoms with van der Waals surface area (Å²) in [7, 11) is -3.88. The molecule has 31 heavy (non-hydrogen) atoms. The number of carbonyl (C=O) groups is 1. The molecule has 3 rings (SSSR count). The monoisotopic (exact) mass is 518 g/mol. The molecule has 1 amide bonds. The molecule has 0 heterocycles. The van der Waals surface area contributed by atoms with Gasteiger partial charge in [0.1, 0.15) is 5.75 Å². The first kappa shape index (κ1) is 23.5. The summed E-state index contributed by atoms with van der Waals surface area (Å²) in [5.74, 6) is -0.342. The first-order valence-corrected chi connectivity index (χ1v) is 11.6. The van der Waals surface area contributed by atoms with Gasteiger partial charge in [-0.3, -0.25) is 9.52 Å². The van der Waals surface area contributed by atoms with E-state index in [-0.39, 0.29) is 27.3 Å². The number of nitrogens with one attached hydrogen (secondary N) is 2. The molecular formula is C20H14Cl4N2O4S. The molecule has 0 aromatic heterocycles. The maximum atomic E-state index is 12.5. The Labute approximate surface area is 199 Å². The van der Waals surface area contributed by atoms with Crippen molar-refractivity contribution in [2.45, 2.75) is 4.90 Å². The molecule has 0 atom stereocenters. The fourth-order valence-corrected chi connectivity index (χ4v) is 4.38. The second-order valence-corrected chi connectivity index (χ2v) is 9.54. The Balaban J connectivity index is 1.64. The first-order chi connectivity index (χ1) is 14.6. The van der Waals surface area contributed by atoms with Crippen LogP contribution in [0.5, 0.6) is 5.75 Å². The Morgan fingerprint density at radius 2 is 1.52 bits per heavy atom. The number of amides is 1. The minimum absolute atomic E-state index is 0.0244. The Kier molecular flexibility index (Phi) is 7.56. The Morgan fingerprint density at radius 3 is 2.16 bits per heavy atom. The van der Waals surface area contributed by atoms with Crippen molar-refractivity contribution >= 4 is 73.7 Å². The average Bonchev–Trinajstić information content (AvgIpc) is 2.70. The normalized spacial score (nSPS) is 11.1. The second kappa shape index (κ2) is 9.97. The van der Waals surface area contributed by atoms with Crippen molar-refractivity contribution < 1.29 is 17.9 Å². The number of halogens is 4. The number of anilines is 2. The number of benzene rings is 3. The molecule has 3 aromatic rings. The summed E-state index contributed by atoms with van der Waals surface area (Å²) in [4.78, 5) is 12.0. The lowest BCUT2D eigenvalue weighted by atomic mass is 10.3. The first-order valence-electron chi connectivity index (χ1n) is 8.60. The molecule has 0 fully saturated rings. The second-order valence-electron chi connectivity index (χ2n) is 6.17. The predicted molar refractivity (Wildman–Crippen MR) is 124 cm³/mol. The molecule has 2 N–H and O–H groups in total. The van der Waals surface area contributed by atoms with Gasteiger partial charge >= 0.3 is 0 Å². The van der Waals surface area contributed by atoms with E-state index in [2.05, 4.69) is 10.0 Å². The van der Waals surface area contributed by atoms with Crippen molar-refractivity contribution in [3.05, 3.63) is 80.8 Å². The van der Waals surface area contributed by atoms with E-state index in [1.165, 1.54) is 36.4 Å². The Morgan fingerprint density at radius 1 is 0.839 bits per heavy atom. The molecule has 0 saturated carbocycles. The maximum absolute atomic E-state index is 12.5. The number of hydrogen-bond donors (Lipinski definition) is 2. The van der Waals surface area contributed by atoms with Crippen molar-refractivity contribution in [3.63, 3.8) is 0 Å². The van der Waals surface area contributed by atoms with Crippen molar-refractivity contribution in [3.8, 4) is 5.75 Å². The predicted octanol–water partition coefficient (Wildman–Crippen LogP) is 6.12. The van der Waals surface area contributed by atoms with E-state index in [0.29, 0.717) is 21.4 Å². The molecular weight excluding hydrogens is 506 g/mol. The van der Waals surface area contributed by atoms with Crippen LogP contribution in [0.4, 0.5) is 11.4 Å². The van der Waals surface area contributed by atoms with Gasteiger partial charge in [-0.2, -0.15) is 0 Å². The lowest BCUT2D eigenvalue weighted by molar-refractivity contribution is -0.118. The highest BCUT2D eigenvalue weighted by Crippen LogP contribution is 2.29. The number of carbonyl (C=O) groups excluding carboxylic acids is 1. The zero-order valence-electron chi connectivity index (χ0n) is 15.5. The Bertz CT molecular complexity index is 1220. The third kappa shape index (κ3) is 6.41. The van der Waals surface area contributed by atoms with Gasteiger partial charge in [-0.1, -0.05) is 46.4 Å². The summed E-state index contributed by atoms with van der Waals surface area (Å²) in [5, 5.41) is 3.80. The number of rotatable bonds is 7. The van der Waals surface area contributed by atoms with Gasteiger partial charge < -0.3 is 10.1 Å². The highest BCUT2D eigenvalue weighted by atomic mass is 35.5. The van der Waals surface area contributed by atoms with Crippen LogP contribution >= 0.6 is 46.4 Å². The zero-order chi connectivity index (χ0) is 22.6. The molecule has 0 spiro atoms. The van der Waals surface area contributed by atoms with E-state index in [4.69, 9.17) is 51.1 Å². The topological polar surface area (TPSA) is 84.5 Å². The van der Waals surface area contributed by atoms with Gasteiger partial charge in [0.05, 0.1) is 20.6 Å². The van der Waals surface area contributed by atoms with Crippen molar-refractivity contribution in [2.24, 2.45) is 0 Å². The lowest BCUT2D eigenvalue weighted by Crippen LogP contribution is -2.20.